The van der Waals surface area contributed by atoms with Crippen molar-refractivity contribution in [2.75, 3.05) is 7.11 Å². The van der Waals surface area contributed by atoms with Crippen molar-refractivity contribution in [1.82, 2.24) is 14.9 Å². The lowest BCUT2D eigenvalue weighted by Gasteiger charge is -2.23. The monoisotopic (exact) mass is 441 g/mol. The number of carbonyl (C=O) groups is 2. The summed E-state index contributed by atoms with van der Waals surface area (Å²) in [6, 6.07) is 3.58. The standard InChI is InChI=1S/C20H25Cl2N3O4/c1-12(2)4-17(19(26)27)24-18(20(28)29-3)8-16-9-23-11-25(16)10-13-5-14(21)7-15(22)6-13/h5-7,9,11-12,17-18,24H,4,8,10H2,1-3H3,(H,26,27)/t17?,18-/m0/s1. The smallest absolute Gasteiger partial charge is 0.323 e. The van der Waals surface area contributed by atoms with Gasteiger partial charge in [-0.15, -0.1) is 0 Å². The maximum Gasteiger partial charge on any atom is 0.323 e. The van der Waals surface area contributed by atoms with E-state index in [0.29, 0.717) is 23.0 Å². The molecule has 0 spiro atoms. The van der Waals surface area contributed by atoms with Crippen molar-refractivity contribution < 1.29 is 19.4 Å². The molecule has 1 heterocycles. The molecule has 1 aromatic carbocycles. The average Bonchev–Trinajstić information content (AvgIpc) is 3.05. The summed E-state index contributed by atoms with van der Waals surface area (Å²) in [5.41, 5.74) is 1.63. The molecule has 0 radical (unpaired) electrons. The molecule has 0 aliphatic carbocycles. The first-order valence-electron chi connectivity index (χ1n) is 9.20. The number of imidazole rings is 1. The van der Waals surface area contributed by atoms with Crippen molar-refractivity contribution in [3.8, 4) is 0 Å². The highest BCUT2D eigenvalue weighted by atomic mass is 35.5. The Kier molecular flexibility index (Phi) is 8.49. The van der Waals surface area contributed by atoms with Crippen LogP contribution in [0.4, 0.5) is 0 Å². The highest BCUT2D eigenvalue weighted by Gasteiger charge is 2.28. The third-order valence-electron chi connectivity index (χ3n) is 4.38. The van der Waals surface area contributed by atoms with E-state index in [4.69, 9.17) is 27.9 Å². The molecule has 29 heavy (non-hydrogen) atoms. The minimum absolute atomic E-state index is 0.153. The Morgan fingerprint density at radius 3 is 2.41 bits per heavy atom. The number of carbonyl (C=O) groups excluding carboxylic acids is 1. The number of benzene rings is 1. The number of hydrogen-bond acceptors (Lipinski definition) is 5. The second kappa shape index (κ2) is 10.6. The predicted octanol–water partition coefficient (Wildman–Crippen LogP) is 3.41. The molecule has 2 N–H and O–H groups in total. The molecule has 0 fully saturated rings. The third kappa shape index (κ3) is 7.03. The second-order valence-electron chi connectivity index (χ2n) is 7.26. The number of methoxy groups -OCH3 is 1. The van der Waals surface area contributed by atoms with E-state index in [1.54, 1.807) is 30.7 Å². The maximum atomic E-state index is 12.3. The van der Waals surface area contributed by atoms with Crippen LogP contribution in [0.2, 0.25) is 10.0 Å². The Balaban J connectivity index is 2.20. The average molecular weight is 442 g/mol. The van der Waals surface area contributed by atoms with E-state index in [-0.39, 0.29) is 12.3 Å². The number of carboxylic acids is 1. The summed E-state index contributed by atoms with van der Waals surface area (Å²) >= 11 is 12.1. The van der Waals surface area contributed by atoms with Gasteiger partial charge in [0.15, 0.2) is 0 Å². The number of hydrogen-bond donors (Lipinski definition) is 2. The second-order valence-corrected chi connectivity index (χ2v) is 8.13. The summed E-state index contributed by atoms with van der Waals surface area (Å²) < 4.78 is 6.74. The lowest BCUT2D eigenvalue weighted by atomic mass is 10.0. The van der Waals surface area contributed by atoms with Crippen LogP contribution in [0, 0.1) is 5.92 Å². The van der Waals surface area contributed by atoms with Gasteiger partial charge in [0.1, 0.15) is 12.1 Å². The van der Waals surface area contributed by atoms with E-state index in [1.807, 2.05) is 18.4 Å². The summed E-state index contributed by atoms with van der Waals surface area (Å²) in [7, 11) is 1.28. The van der Waals surface area contributed by atoms with Crippen LogP contribution in [0.1, 0.15) is 31.5 Å². The predicted molar refractivity (Wildman–Crippen MR) is 111 cm³/mol. The van der Waals surface area contributed by atoms with Crippen molar-refractivity contribution in [1.29, 1.82) is 0 Å². The molecule has 2 aromatic rings. The van der Waals surface area contributed by atoms with Gasteiger partial charge in [0.2, 0.25) is 0 Å². The molecular formula is C20H25Cl2N3O4. The van der Waals surface area contributed by atoms with E-state index in [2.05, 4.69) is 10.3 Å². The summed E-state index contributed by atoms with van der Waals surface area (Å²) in [6.07, 6.45) is 3.90. The van der Waals surface area contributed by atoms with E-state index < -0.39 is 24.0 Å². The largest absolute Gasteiger partial charge is 0.480 e. The zero-order valence-corrected chi connectivity index (χ0v) is 18.1. The Morgan fingerprint density at radius 1 is 1.21 bits per heavy atom. The molecule has 158 valence electrons. The first-order valence-corrected chi connectivity index (χ1v) is 9.95. The van der Waals surface area contributed by atoms with Gasteiger partial charge in [-0.05, 0) is 36.1 Å². The third-order valence-corrected chi connectivity index (χ3v) is 4.82. The van der Waals surface area contributed by atoms with Crippen molar-refractivity contribution in [3.05, 3.63) is 52.0 Å². The Hall–Kier alpha value is -2.09. The number of rotatable bonds is 10. The molecule has 7 nitrogen and oxygen atoms in total. The zero-order valence-electron chi connectivity index (χ0n) is 16.6. The molecule has 0 aliphatic heterocycles. The number of carboxylic acid groups (broad SMARTS) is 1. The number of aromatic nitrogens is 2. The van der Waals surface area contributed by atoms with Gasteiger partial charge in [-0.2, -0.15) is 0 Å². The van der Waals surface area contributed by atoms with Crippen molar-refractivity contribution in [2.24, 2.45) is 5.92 Å². The summed E-state index contributed by atoms with van der Waals surface area (Å²) in [6.45, 7) is 4.31. The molecule has 2 rings (SSSR count). The molecule has 9 heteroatoms. The zero-order chi connectivity index (χ0) is 21.6. The fraction of sp³-hybridized carbons (Fsp3) is 0.450. The topological polar surface area (TPSA) is 93.5 Å². The Labute approximate surface area is 180 Å². The maximum absolute atomic E-state index is 12.3. The van der Waals surface area contributed by atoms with Crippen LogP contribution in [-0.4, -0.2) is 45.8 Å². The van der Waals surface area contributed by atoms with Gasteiger partial charge in [-0.1, -0.05) is 37.0 Å². The van der Waals surface area contributed by atoms with Gasteiger partial charge in [0, 0.05) is 34.9 Å². The number of aliphatic carboxylic acids is 1. The van der Waals surface area contributed by atoms with E-state index in [1.165, 1.54) is 7.11 Å². The van der Waals surface area contributed by atoms with Gasteiger partial charge < -0.3 is 14.4 Å². The Morgan fingerprint density at radius 2 is 1.86 bits per heavy atom. The van der Waals surface area contributed by atoms with Crippen LogP contribution in [0.15, 0.2) is 30.7 Å². The normalized spacial score (nSPS) is 13.3. The lowest BCUT2D eigenvalue weighted by Crippen LogP contribution is -2.49. The van der Waals surface area contributed by atoms with Crippen molar-refractivity contribution in [3.63, 3.8) is 0 Å². The summed E-state index contributed by atoms with van der Waals surface area (Å²) in [4.78, 5) is 28.1. The summed E-state index contributed by atoms with van der Waals surface area (Å²) in [5, 5.41) is 13.5. The number of nitrogens with one attached hydrogen (secondary N) is 1. The number of ether oxygens (including phenoxy) is 1. The molecular weight excluding hydrogens is 417 g/mol. The highest BCUT2D eigenvalue weighted by molar-refractivity contribution is 6.34. The first-order chi connectivity index (χ1) is 13.7. The Bertz CT molecular complexity index is 834. The molecule has 0 aliphatic rings. The molecule has 1 unspecified atom stereocenters. The van der Waals surface area contributed by atoms with Crippen LogP contribution < -0.4 is 5.32 Å². The van der Waals surface area contributed by atoms with Gasteiger partial charge in [0.05, 0.1) is 13.4 Å². The lowest BCUT2D eigenvalue weighted by molar-refractivity contribution is -0.145. The molecule has 1 aromatic heterocycles. The van der Waals surface area contributed by atoms with Crippen molar-refractivity contribution >= 4 is 35.1 Å². The minimum atomic E-state index is -1.00. The molecule has 0 amide bonds. The van der Waals surface area contributed by atoms with E-state index in [0.717, 1.165) is 11.3 Å². The SMILES string of the molecule is COC(=O)[C@H](Cc1cncn1Cc1cc(Cl)cc(Cl)c1)NC(CC(C)C)C(=O)O. The van der Waals surface area contributed by atoms with E-state index >= 15 is 0 Å². The number of esters is 1. The van der Waals surface area contributed by atoms with E-state index in [9.17, 15) is 14.7 Å². The minimum Gasteiger partial charge on any atom is -0.480 e. The number of nitrogens with zero attached hydrogens (tertiary/aromatic N) is 2. The molecule has 2 atom stereocenters. The highest BCUT2D eigenvalue weighted by Crippen LogP contribution is 2.20. The van der Waals surface area contributed by atoms with Gasteiger partial charge >= 0.3 is 11.9 Å². The van der Waals surface area contributed by atoms with Gasteiger partial charge in [-0.25, -0.2) is 4.98 Å². The van der Waals surface area contributed by atoms with Gasteiger partial charge in [0.25, 0.3) is 0 Å². The number of halogens is 2. The fourth-order valence-electron chi connectivity index (χ4n) is 3.08. The van der Waals surface area contributed by atoms with Crippen LogP contribution >= 0.6 is 23.2 Å². The summed E-state index contributed by atoms with van der Waals surface area (Å²) in [5.74, 6) is -1.38. The molecule has 0 bridgehead atoms. The first kappa shape index (κ1) is 23.2. The van der Waals surface area contributed by atoms with Crippen LogP contribution in [0.5, 0.6) is 0 Å². The quantitative estimate of drug-likeness (QED) is 0.548. The van der Waals surface area contributed by atoms with Crippen molar-refractivity contribution in [2.45, 2.75) is 45.3 Å². The van der Waals surface area contributed by atoms with Crippen LogP contribution in [0.3, 0.4) is 0 Å². The van der Waals surface area contributed by atoms with Crippen LogP contribution in [-0.2, 0) is 27.3 Å². The molecule has 0 saturated heterocycles. The van der Waals surface area contributed by atoms with Crippen LogP contribution in [0.25, 0.3) is 0 Å². The molecule has 0 saturated carbocycles. The van der Waals surface area contributed by atoms with Gasteiger partial charge in [-0.3, -0.25) is 14.9 Å². The fourth-order valence-corrected chi connectivity index (χ4v) is 3.65.